The lowest BCUT2D eigenvalue weighted by Crippen LogP contribution is -1.77. The lowest BCUT2D eigenvalue weighted by molar-refractivity contribution is 1.24. The minimum atomic E-state index is 0.675. The second kappa shape index (κ2) is 4.94. The third-order valence-electron chi connectivity index (χ3n) is 2.25. The molecule has 2 aromatic rings. The van der Waals surface area contributed by atoms with E-state index in [4.69, 9.17) is 11.6 Å². The Labute approximate surface area is 94.4 Å². The van der Waals surface area contributed by atoms with Gasteiger partial charge in [0.15, 0.2) is 0 Å². The quantitative estimate of drug-likeness (QED) is 0.712. The van der Waals surface area contributed by atoms with Crippen molar-refractivity contribution in [1.29, 1.82) is 0 Å². The Morgan fingerprint density at radius 3 is 3.00 bits per heavy atom. The van der Waals surface area contributed by atoms with Crippen molar-refractivity contribution in [2.45, 2.75) is 6.42 Å². The molecular formula is C13H12ClN. The van der Waals surface area contributed by atoms with Crippen LogP contribution in [-0.2, 0) is 0 Å². The van der Waals surface area contributed by atoms with Crippen LogP contribution in [0.4, 0.5) is 0 Å². The van der Waals surface area contributed by atoms with Gasteiger partial charge in [-0.25, -0.2) is 0 Å². The van der Waals surface area contributed by atoms with E-state index in [1.165, 1.54) is 16.3 Å². The standard InChI is InChI=1S/C13H12ClN/c14-7-2-1-3-11-4-5-13-10-15-8-6-12(13)9-11/h1,3-6,8-10H,2,7H2/b3-1+. The number of hydrogen-bond acceptors (Lipinski definition) is 1. The fraction of sp³-hybridized carbons (Fsp3) is 0.154. The third kappa shape index (κ3) is 2.57. The van der Waals surface area contributed by atoms with Crippen LogP contribution in [0.25, 0.3) is 16.8 Å². The molecule has 0 unspecified atom stereocenters. The highest BCUT2D eigenvalue weighted by molar-refractivity contribution is 6.17. The number of halogens is 1. The largest absolute Gasteiger partial charge is 0.264 e. The predicted molar refractivity (Wildman–Crippen MR) is 66.1 cm³/mol. The molecule has 1 nitrogen and oxygen atoms in total. The zero-order valence-corrected chi connectivity index (χ0v) is 9.11. The van der Waals surface area contributed by atoms with Gasteiger partial charge in [0.2, 0.25) is 0 Å². The van der Waals surface area contributed by atoms with E-state index in [2.05, 4.69) is 35.3 Å². The fourth-order valence-electron chi connectivity index (χ4n) is 1.49. The molecule has 15 heavy (non-hydrogen) atoms. The fourth-order valence-corrected chi connectivity index (χ4v) is 1.61. The number of hydrogen-bond donors (Lipinski definition) is 0. The SMILES string of the molecule is ClCC/C=C/c1ccc2cnccc2c1. The van der Waals surface area contributed by atoms with Crippen molar-refractivity contribution in [1.82, 2.24) is 4.98 Å². The Morgan fingerprint density at radius 2 is 2.13 bits per heavy atom. The van der Waals surface area contributed by atoms with Crippen LogP contribution in [0.1, 0.15) is 12.0 Å². The van der Waals surface area contributed by atoms with Crippen molar-refractivity contribution in [2.24, 2.45) is 0 Å². The van der Waals surface area contributed by atoms with Gasteiger partial charge in [0.05, 0.1) is 0 Å². The third-order valence-corrected chi connectivity index (χ3v) is 2.47. The van der Waals surface area contributed by atoms with Crippen molar-refractivity contribution in [3.63, 3.8) is 0 Å². The molecule has 0 N–H and O–H groups in total. The molecular weight excluding hydrogens is 206 g/mol. The minimum Gasteiger partial charge on any atom is -0.264 e. The summed E-state index contributed by atoms with van der Waals surface area (Å²) in [6.07, 6.45) is 8.80. The van der Waals surface area contributed by atoms with Crippen LogP contribution in [-0.4, -0.2) is 10.9 Å². The number of benzene rings is 1. The zero-order chi connectivity index (χ0) is 10.5. The molecule has 0 saturated heterocycles. The summed E-state index contributed by atoms with van der Waals surface area (Å²) in [7, 11) is 0. The van der Waals surface area contributed by atoms with Gasteiger partial charge < -0.3 is 0 Å². The summed E-state index contributed by atoms with van der Waals surface area (Å²) in [6, 6.07) is 8.35. The number of rotatable bonds is 3. The Kier molecular flexibility index (Phi) is 3.36. The van der Waals surface area contributed by atoms with Crippen molar-refractivity contribution in [3.8, 4) is 0 Å². The average Bonchev–Trinajstić information content (AvgIpc) is 2.29. The molecule has 0 aliphatic carbocycles. The van der Waals surface area contributed by atoms with Gasteiger partial charge in [0, 0.05) is 23.7 Å². The van der Waals surface area contributed by atoms with E-state index in [0.717, 1.165) is 6.42 Å². The number of aromatic nitrogens is 1. The predicted octanol–water partition coefficient (Wildman–Crippen LogP) is 3.88. The molecule has 0 fully saturated rings. The highest BCUT2D eigenvalue weighted by Gasteiger charge is 1.92. The molecule has 1 heterocycles. The Bertz CT molecular complexity index is 477. The average molecular weight is 218 g/mol. The van der Waals surface area contributed by atoms with Gasteiger partial charge in [-0.05, 0) is 29.5 Å². The Hall–Kier alpha value is -1.34. The van der Waals surface area contributed by atoms with Gasteiger partial charge in [-0.15, -0.1) is 11.6 Å². The van der Waals surface area contributed by atoms with Gasteiger partial charge >= 0.3 is 0 Å². The molecule has 2 rings (SSSR count). The van der Waals surface area contributed by atoms with Crippen molar-refractivity contribution in [3.05, 3.63) is 48.3 Å². The Morgan fingerprint density at radius 1 is 1.20 bits per heavy atom. The summed E-state index contributed by atoms with van der Waals surface area (Å²) in [6.45, 7) is 0. The molecule has 0 amide bonds. The number of alkyl halides is 1. The molecule has 0 spiro atoms. The second-order valence-corrected chi connectivity index (χ2v) is 3.74. The molecule has 76 valence electrons. The number of fused-ring (bicyclic) bond motifs is 1. The van der Waals surface area contributed by atoms with Crippen LogP contribution >= 0.6 is 11.6 Å². The zero-order valence-electron chi connectivity index (χ0n) is 8.36. The molecule has 0 aliphatic heterocycles. The molecule has 1 aromatic heterocycles. The van der Waals surface area contributed by atoms with E-state index < -0.39 is 0 Å². The van der Waals surface area contributed by atoms with Gasteiger partial charge in [0.25, 0.3) is 0 Å². The molecule has 0 atom stereocenters. The molecule has 1 aromatic carbocycles. The van der Waals surface area contributed by atoms with Crippen LogP contribution in [0, 0.1) is 0 Å². The molecule has 0 radical (unpaired) electrons. The first-order chi connectivity index (χ1) is 7.40. The van der Waals surface area contributed by atoms with Gasteiger partial charge in [0.1, 0.15) is 0 Å². The van der Waals surface area contributed by atoms with Crippen molar-refractivity contribution in [2.75, 3.05) is 5.88 Å². The van der Waals surface area contributed by atoms with Crippen LogP contribution in [0.2, 0.25) is 0 Å². The summed E-state index contributed by atoms with van der Waals surface area (Å²) in [4.78, 5) is 4.08. The smallest absolute Gasteiger partial charge is 0.0346 e. The second-order valence-electron chi connectivity index (χ2n) is 3.36. The van der Waals surface area contributed by atoms with Crippen LogP contribution < -0.4 is 0 Å². The van der Waals surface area contributed by atoms with E-state index >= 15 is 0 Å². The lowest BCUT2D eigenvalue weighted by atomic mass is 10.1. The van der Waals surface area contributed by atoms with Gasteiger partial charge in [-0.2, -0.15) is 0 Å². The number of nitrogens with zero attached hydrogens (tertiary/aromatic N) is 1. The summed E-state index contributed by atoms with van der Waals surface area (Å²) in [5.74, 6) is 0.675. The maximum absolute atomic E-state index is 5.60. The maximum Gasteiger partial charge on any atom is 0.0346 e. The van der Waals surface area contributed by atoms with Crippen LogP contribution in [0.5, 0.6) is 0 Å². The molecule has 2 heteroatoms. The highest BCUT2D eigenvalue weighted by Crippen LogP contribution is 2.15. The molecule has 0 saturated carbocycles. The summed E-state index contributed by atoms with van der Waals surface area (Å²) < 4.78 is 0. The van der Waals surface area contributed by atoms with Crippen LogP contribution in [0.15, 0.2) is 42.7 Å². The number of pyridine rings is 1. The topological polar surface area (TPSA) is 12.9 Å². The summed E-state index contributed by atoms with van der Waals surface area (Å²) >= 11 is 5.60. The van der Waals surface area contributed by atoms with E-state index in [-0.39, 0.29) is 0 Å². The lowest BCUT2D eigenvalue weighted by Gasteiger charge is -1.98. The van der Waals surface area contributed by atoms with E-state index in [1.807, 2.05) is 18.5 Å². The Balaban J connectivity index is 2.30. The van der Waals surface area contributed by atoms with Gasteiger partial charge in [-0.3, -0.25) is 4.98 Å². The monoisotopic (exact) mass is 217 g/mol. The first kappa shape index (κ1) is 10.2. The molecule has 0 aliphatic rings. The van der Waals surface area contributed by atoms with E-state index in [0.29, 0.717) is 5.88 Å². The van der Waals surface area contributed by atoms with Crippen molar-refractivity contribution < 1.29 is 0 Å². The maximum atomic E-state index is 5.60. The van der Waals surface area contributed by atoms with E-state index in [1.54, 1.807) is 0 Å². The van der Waals surface area contributed by atoms with E-state index in [9.17, 15) is 0 Å². The summed E-state index contributed by atoms with van der Waals surface area (Å²) in [5, 5.41) is 2.39. The first-order valence-corrected chi connectivity index (χ1v) is 5.50. The highest BCUT2D eigenvalue weighted by atomic mass is 35.5. The first-order valence-electron chi connectivity index (χ1n) is 4.96. The minimum absolute atomic E-state index is 0.675. The molecule has 0 bridgehead atoms. The summed E-state index contributed by atoms with van der Waals surface area (Å²) in [5.41, 5.74) is 1.21. The van der Waals surface area contributed by atoms with Crippen LogP contribution in [0.3, 0.4) is 0 Å². The van der Waals surface area contributed by atoms with Crippen molar-refractivity contribution >= 4 is 28.4 Å². The van der Waals surface area contributed by atoms with Gasteiger partial charge in [-0.1, -0.05) is 24.3 Å². The normalized spacial score (nSPS) is 11.3. The number of allylic oxidation sites excluding steroid dienone is 1.